The highest BCUT2D eigenvalue weighted by atomic mass is 32.1. The monoisotopic (exact) mass is 363 g/mol. The van der Waals surface area contributed by atoms with Gasteiger partial charge in [0.15, 0.2) is 16.8 Å². The number of rotatable bonds is 8. The van der Waals surface area contributed by atoms with Gasteiger partial charge in [-0.2, -0.15) is 0 Å². The number of nitrogens with zero attached hydrogens (tertiary/aromatic N) is 1. The maximum atomic E-state index is 13.1. The Morgan fingerprint density at radius 2 is 2.00 bits per heavy atom. The second kappa shape index (κ2) is 8.06. The van der Waals surface area contributed by atoms with E-state index in [2.05, 4.69) is 10.3 Å². The molecule has 1 heterocycles. The average molecular weight is 363 g/mol. The molecule has 1 aromatic heterocycles. The molecule has 5 nitrogen and oxygen atoms in total. The minimum atomic E-state index is -1.30. The second-order valence-electron chi connectivity index (χ2n) is 4.65. The number of nitrogens with two attached hydrogens (primary N) is 1. The molecule has 0 unspecified atom stereocenters. The Balaban J connectivity index is 2.06. The van der Waals surface area contributed by atoms with Crippen molar-refractivity contribution >= 4 is 33.8 Å². The molecule has 0 saturated carbocycles. The second-order valence-corrected chi connectivity index (χ2v) is 5.65. The highest BCUT2D eigenvalue weighted by molar-refractivity contribution is 7.18. The lowest BCUT2D eigenvalue weighted by molar-refractivity contribution is 0.0222. The molecule has 0 radical (unpaired) electrons. The van der Waals surface area contributed by atoms with Crippen molar-refractivity contribution in [1.29, 1.82) is 0 Å². The molecule has 0 amide bonds. The fourth-order valence-electron chi connectivity index (χ4n) is 1.67. The summed E-state index contributed by atoms with van der Waals surface area (Å²) in [6.45, 7) is -2.65. The molecule has 2 rings (SSSR count). The molecule has 3 N–H and O–H groups in total. The lowest BCUT2D eigenvalue weighted by atomic mass is 10.3. The fraction of sp³-hybridized carbons (Fsp3) is 0.286. The van der Waals surface area contributed by atoms with E-state index in [9.17, 15) is 22.4 Å². The molecule has 10 heteroatoms. The van der Waals surface area contributed by atoms with Crippen LogP contribution in [0.1, 0.15) is 9.67 Å². The molecule has 0 saturated heterocycles. The summed E-state index contributed by atoms with van der Waals surface area (Å²) in [4.78, 5) is 15.9. The number of benzene rings is 1. The first-order valence-electron chi connectivity index (χ1n) is 6.69. The van der Waals surface area contributed by atoms with E-state index in [1.165, 1.54) is 6.07 Å². The number of Topliss-reactive ketones (excluding diaryl/α,β-unsaturated/α-hetero) is 1. The highest BCUT2D eigenvalue weighted by Crippen LogP contribution is 2.28. The fourth-order valence-corrected chi connectivity index (χ4v) is 2.50. The quantitative estimate of drug-likeness (QED) is 0.556. The number of halogens is 4. The molecule has 130 valence electrons. The first-order valence-corrected chi connectivity index (χ1v) is 7.51. The van der Waals surface area contributed by atoms with Crippen LogP contribution >= 0.6 is 11.3 Å². The molecule has 0 aliphatic rings. The van der Waals surface area contributed by atoms with Crippen molar-refractivity contribution in [1.82, 2.24) is 4.98 Å². The number of alkyl halides is 2. The Morgan fingerprint density at radius 3 is 2.62 bits per heavy atom. The van der Waals surface area contributed by atoms with Crippen molar-refractivity contribution in [2.75, 3.05) is 31.0 Å². The van der Waals surface area contributed by atoms with Crippen molar-refractivity contribution in [3.8, 4) is 0 Å². The Bertz CT molecular complexity index is 722. The number of ketones is 1. The van der Waals surface area contributed by atoms with Crippen LogP contribution in [-0.4, -0.2) is 36.8 Å². The zero-order valence-corrected chi connectivity index (χ0v) is 13.0. The number of nitrogen functional groups attached to an aromatic ring is 1. The van der Waals surface area contributed by atoms with E-state index in [-0.39, 0.29) is 21.5 Å². The van der Waals surface area contributed by atoms with Gasteiger partial charge < -0.3 is 15.8 Å². The van der Waals surface area contributed by atoms with E-state index in [1.54, 1.807) is 0 Å². The van der Waals surface area contributed by atoms with Crippen LogP contribution in [0.4, 0.5) is 34.2 Å². The van der Waals surface area contributed by atoms with Crippen LogP contribution in [0.5, 0.6) is 0 Å². The van der Waals surface area contributed by atoms with Crippen LogP contribution in [0.2, 0.25) is 0 Å². The maximum absolute atomic E-state index is 13.1. The summed E-state index contributed by atoms with van der Waals surface area (Å²) in [5.41, 5.74) is 5.84. The zero-order valence-electron chi connectivity index (χ0n) is 12.2. The number of anilines is 3. The number of hydrogen-bond donors (Lipinski definition) is 2. The van der Waals surface area contributed by atoms with Gasteiger partial charge in [-0.3, -0.25) is 4.79 Å². The highest BCUT2D eigenvalue weighted by Gasteiger charge is 2.19. The topological polar surface area (TPSA) is 77.2 Å². The number of carbonyl (C=O) groups excluding carboxylic acids is 1. The van der Waals surface area contributed by atoms with Gasteiger partial charge in [-0.25, -0.2) is 22.5 Å². The van der Waals surface area contributed by atoms with Crippen LogP contribution in [0.15, 0.2) is 18.2 Å². The number of ether oxygens (including phenoxy) is 1. The molecule has 0 spiro atoms. The maximum Gasteiger partial charge on any atom is 0.202 e. The minimum Gasteiger partial charge on any atom is -0.382 e. The summed E-state index contributed by atoms with van der Waals surface area (Å²) in [6, 6.07) is 3.14. The number of thiazole rings is 1. The first-order chi connectivity index (χ1) is 11.4. The first kappa shape index (κ1) is 18.1. The summed E-state index contributed by atoms with van der Waals surface area (Å²) in [5.74, 6) is -2.73. The van der Waals surface area contributed by atoms with Crippen molar-refractivity contribution in [2.45, 2.75) is 6.10 Å². The molecule has 0 fully saturated rings. The third-order valence-electron chi connectivity index (χ3n) is 2.87. The van der Waals surface area contributed by atoms with E-state index in [0.717, 1.165) is 23.5 Å². The Hall–Kier alpha value is -2.20. The van der Waals surface area contributed by atoms with Gasteiger partial charge in [0.25, 0.3) is 0 Å². The molecular weight excluding hydrogens is 350 g/mol. The molecular formula is C14H13F4N3O2S. The number of hydrogen-bond acceptors (Lipinski definition) is 6. The van der Waals surface area contributed by atoms with E-state index < -0.39 is 43.5 Å². The molecule has 0 aliphatic carbocycles. The van der Waals surface area contributed by atoms with Crippen molar-refractivity contribution in [3.05, 3.63) is 34.7 Å². The molecule has 24 heavy (non-hydrogen) atoms. The van der Waals surface area contributed by atoms with Crippen LogP contribution < -0.4 is 11.1 Å². The predicted octanol–water partition coefficient (Wildman–Crippen LogP) is 3.25. The van der Waals surface area contributed by atoms with Crippen LogP contribution in [0, 0.1) is 11.6 Å². The van der Waals surface area contributed by atoms with Crippen molar-refractivity contribution in [2.24, 2.45) is 0 Å². The van der Waals surface area contributed by atoms with Gasteiger partial charge in [-0.1, -0.05) is 11.3 Å². The standard InChI is InChI=1S/C14H13F4N3O2S/c15-4-8(5-16)23-6-11(22)12-13(19)21-14(24-12)20-7-1-2-9(17)10(18)3-7/h1-3,8H,4-6,19H2,(H,20,21). The average Bonchev–Trinajstić information content (AvgIpc) is 2.92. The number of aromatic nitrogens is 1. The van der Waals surface area contributed by atoms with Crippen molar-refractivity contribution in [3.63, 3.8) is 0 Å². The van der Waals surface area contributed by atoms with Gasteiger partial charge in [0.2, 0.25) is 5.78 Å². The van der Waals surface area contributed by atoms with Gasteiger partial charge in [-0.05, 0) is 12.1 Å². The van der Waals surface area contributed by atoms with E-state index in [1.807, 2.05) is 0 Å². The molecule has 1 aromatic carbocycles. The lowest BCUT2D eigenvalue weighted by Crippen LogP contribution is -2.22. The molecule has 2 aromatic rings. The SMILES string of the molecule is Nc1nc(Nc2ccc(F)c(F)c2)sc1C(=O)COC(CF)CF. The number of carbonyl (C=O) groups is 1. The lowest BCUT2D eigenvalue weighted by Gasteiger charge is -2.08. The normalized spacial score (nSPS) is 11.0. The smallest absolute Gasteiger partial charge is 0.202 e. The van der Waals surface area contributed by atoms with Crippen LogP contribution in [0.3, 0.4) is 0 Å². The van der Waals surface area contributed by atoms with Crippen LogP contribution in [0.25, 0.3) is 0 Å². The summed E-state index contributed by atoms with van der Waals surface area (Å²) in [5, 5.41) is 2.86. The van der Waals surface area contributed by atoms with Gasteiger partial charge in [0, 0.05) is 11.8 Å². The van der Waals surface area contributed by atoms with Gasteiger partial charge in [-0.15, -0.1) is 0 Å². The summed E-state index contributed by atoms with van der Waals surface area (Å²) in [6.07, 6.45) is -1.30. The van der Waals surface area contributed by atoms with Crippen molar-refractivity contribution < 1.29 is 27.1 Å². The summed E-state index contributed by atoms with van der Waals surface area (Å²) in [7, 11) is 0. The van der Waals surface area contributed by atoms with E-state index >= 15 is 0 Å². The largest absolute Gasteiger partial charge is 0.382 e. The van der Waals surface area contributed by atoms with E-state index in [0.29, 0.717) is 0 Å². The molecule has 0 bridgehead atoms. The third kappa shape index (κ3) is 4.42. The summed E-state index contributed by atoms with van der Waals surface area (Å²) < 4.78 is 55.4. The summed E-state index contributed by atoms with van der Waals surface area (Å²) >= 11 is 0.859. The Labute approximate surface area is 138 Å². The molecule has 0 atom stereocenters. The Morgan fingerprint density at radius 1 is 1.29 bits per heavy atom. The number of nitrogens with one attached hydrogen (secondary N) is 1. The third-order valence-corrected chi connectivity index (χ3v) is 3.90. The zero-order chi connectivity index (χ0) is 17.7. The predicted molar refractivity (Wildman–Crippen MR) is 82.2 cm³/mol. The Kier molecular flexibility index (Phi) is 6.10. The minimum absolute atomic E-state index is 0.0385. The van der Waals surface area contributed by atoms with Gasteiger partial charge in [0.05, 0.1) is 0 Å². The molecule has 0 aliphatic heterocycles. The van der Waals surface area contributed by atoms with E-state index in [4.69, 9.17) is 10.5 Å². The van der Waals surface area contributed by atoms with Gasteiger partial charge in [0.1, 0.15) is 36.8 Å². The van der Waals surface area contributed by atoms with Crippen LogP contribution in [-0.2, 0) is 4.74 Å². The van der Waals surface area contributed by atoms with Gasteiger partial charge >= 0.3 is 0 Å².